The number of carbonyl (C=O) groups excluding carboxylic acids is 2. The van der Waals surface area contributed by atoms with E-state index < -0.39 is 0 Å². The van der Waals surface area contributed by atoms with Gasteiger partial charge in [-0.05, 0) is 12.1 Å². The van der Waals surface area contributed by atoms with Crippen LogP contribution in [-0.2, 0) is 9.59 Å². The average molecular weight is 270 g/mol. The molecule has 5 nitrogen and oxygen atoms in total. The fourth-order valence-electron chi connectivity index (χ4n) is 1.70. The molecule has 1 aromatic rings. The zero-order valence-electron chi connectivity index (χ0n) is 9.89. The number of carbonyl (C=O) groups is 2. The van der Waals surface area contributed by atoms with Gasteiger partial charge in [0.05, 0.1) is 13.1 Å². The molecular formula is C12H16ClN3O2. The quantitative estimate of drug-likeness (QED) is 0.839. The minimum Gasteiger partial charge on any atom is -0.376 e. The molecule has 0 aromatic heterocycles. The molecule has 0 aliphatic carbocycles. The van der Waals surface area contributed by atoms with Gasteiger partial charge in [0, 0.05) is 18.8 Å². The average Bonchev–Trinajstić information content (AvgIpc) is 2.37. The van der Waals surface area contributed by atoms with E-state index in [1.807, 2.05) is 30.3 Å². The van der Waals surface area contributed by atoms with E-state index in [0.717, 1.165) is 5.69 Å². The van der Waals surface area contributed by atoms with Crippen molar-refractivity contribution in [1.82, 2.24) is 10.2 Å². The zero-order chi connectivity index (χ0) is 12.1. The minimum absolute atomic E-state index is 0. The van der Waals surface area contributed by atoms with Gasteiger partial charge in [-0.3, -0.25) is 9.59 Å². The van der Waals surface area contributed by atoms with E-state index >= 15 is 0 Å². The number of halogens is 1. The third kappa shape index (κ3) is 3.92. The molecule has 98 valence electrons. The van der Waals surface area contributed by atoms with Gasteiger partial charge in [-0.15, -0.1) is 12.4 Å². The van der Waals surface area contributed by atoms with Gasteiger partial charge in [0.15, 0.2) is 0 Å². The number of rotatable bonds is 3. The number of benzene rings is 1. The number of hydrogen-bond acceptors (Lipinski definition) is 3. The Bertz CT molecular complexity index is 411. The lowest BCUT2D eigenvalue weighted by Gasteiger charge is -2.26. The van der Waals surface area contributed by atoms with Crippen molar-refractivity contribution in [2.45, 2.75) is 0 Å². The van der Waals surface area contributed by atoms with Gasteiger partial charge in [-0.25, -0.2) is 0 Å². The van der Waals surface area contributed by atoms with Crippen LogP contribution >= 0.6 is 12.4 Å². The van der Waals surface area contributed by atoms with Crippen molar-refractivity contribution in [3.05, 3.63) is 30.3 Å². The molecule has 18 heavy (non-hydrogen) atoms. The van der Waals surface area contributed by atoms with Crippen molar-refractivity contribution in [3.8, 4) is 0 Å². The molecule has 2 N–H and O–H groups in total. The van der Waals surface area contributed by atoms with Crippen LogP contribution in [0.25, 0.3) is 0 Å². The van der Waals surface area contributed by atoms with E-state index in [1.54, 1.807) is 4.90 Å². The molecule has 1 aliphatic heterocycles. The first kappa shape index (κ1) is 14.3. The predicted octanol–water partition coefficient (Wildman–Crippen LogP) is 0.479. The van der Waals surface area contributed by atoms with Crippen LogP contribution in [0.3, 0.4) is 0 Å². The van der Waals surface area contributed by atoms with Crippen molar-refractivity contribution in [2.75, 3.05) is 31.5 Å². The molecule has 2 rings (SSSR count). The minimum atomic E-state index is -0.0932. The number of nitrogens with one attached hydrogen (secondary N) is 2. The molecular weight excluding hydrogens is 254 g/mol. The normalized spacial score (nSPS) is 14.4. The predicted molar refractivity (Wildman–Crippen MR) is 71.8 cm³/mol. The Labute approximate surface area is 112 Å². The van der Waals surface area contributed by atoms with Gasteiger partial charge in [0.1, 0.15) is 0 Å². The molecule has 0 atom stereocenters. The Morgan fingerprint density at radius 3 is 2.72 bits per heavy atom. The summed E-state index contributed by atoms with van der Waals surface area (Å²) in [4.78, 5) is 24.5. The highest BCUT2D eigenvalue weighted by molar-refractivity contribution is 5.87. The second kappa shape index (κ2) is 6.86. The smallest absolute Gasteiger partial charge is 0.242 e. The molecule has 2 amide bonds. The van der Waals surface area contributed by atoms with Gasteiger partial charge >= 0.3 is 0 Å². The Morgan fingerprint density at radius 1 is 1.33 bits per heavy atom. The summed E-state index contributed by atoms with van der Waals surface area (Å²) in [5.41, 5.74) is 0.905. The monoisotopic (exact) mass is 269 g/mol. The Morgan fingerprint density at radius 2 is 2.06 bits per heavy atom. The molecule has 1 aromatic carbocycles. The standard InChI is InChI=1S/C12H15N3O2.ClH/c16-11-9-15(7-6-13-11)12(17)8-14-10-4-2-1-3-5-10;/h1-5,14H,6-9H2,(H,13,16);1H. The number of anilines is 1. The maximum atomic E-state index is 11.8. The molecule has 0 spiro atoms. The van der Waals surface area contributed by atoms with Gasteiger partial charge < -0.3 is 15.5 Å². The fourth-order valence-corrected chi connectivity index (χ4v) is 1.70. The van der Waals surface area contributed by atoms with E-state index in [4.69, 9.17) is 0 Å². The van der Waals surface area contributed by atoms with Crippen LogP contribution < -0.4 is 10.6 Å². The van der Waals surface area contributed by atoms with Crippen LogP contribution in [-0.4, -0.2) is 42.9 Å². The summed E-state index contributed by atoms with van der Waals surface area (Å²) >= 11 is 0. The molecule has 0 unspecified atom stereocenters. The molecule has 1 fully saturated rings. The van der Waals surface area contributed by atoms with Crippen LogP contribution in [0.15, 0.2) is 30.3 Å². The molecule has 0 saturated carbocycles. The van der Waals surface area contributed by atoms with E-state index in [1.165, 1.54) is 0 Å². The molecule has 1 saturated heterocycles. The van der Waals surface area contributed by atoms with E-state index in [-0.39, 0.29) is 37.3 Å². The maximum Gasteiger partial charge on any atom is 0.242 e. The van der Waals surface area contributed by atoms with E-state index in [0.29, 0.717) is 13.1 Å². The molecule has 0 bridgehead atoms. The molecule has 0 radical (unpaired) electrons. The Hall–Kier alpha value is -1.75. The highest BCUT2D eigenvalue weighted by Crippen LogP contribution is 2.04. The van der Waals surface area contributed by atoms with Crippen molar-refractivity contribution >= 4 is 29.9 Å². The van der Waals surface area contributed by atoms with Crippen LogP contribution in [0, 0.1) is 0 Å². The van der Waals surface area contributed by atoms with Gasteiger partial charge in [0.2, 0.25) is 11.8 Å². The lowest BCUT2D eigenvalue weighted by molar-refractivity contribution is -0.136. The Kier molecular flexibility index (Phi) is 5.45. The first-order valence-corrected chi connectivity index (χ1v) is 5.59. The summed E-state index contributed by atoms with van der Waals surface area (Å²) in [6.07, 6.45) is 0. The van der Waals surface area contributed by atoms with E-state index in [2.05, 4.69) is 10.6 Å². The summed E-state index contributed by atoms with van der Waals surface area (Å²) < 4.78 is 0. The summed E-state index contributed by atoms with van der Waals surface area (Å²) in [5.74, 6) is -0.145. The summed E-state index contributed by atoms with van der Waals surface area (Å²) in [7, 11) is 0. The zero-order valence-corrected chi connectivity index (χ0v) is 10.7. The maximum absolute atomic E-state index is 11.8. The summed E-state index contributed by atoms with van der Waals surface area (Å²) in [5, 5.41) is 5.72. The lowest BCUT2D eigenvalue weighted by atomic mass is 10.3. The topological polar surface area (TPSA) is 61.4 Å². The molecule has 6 heteroatoms. The summed E-state index contributed by atoms with van der Waals surface area (Å²) in [6.45, 7) is 1.50. The van der Waals surface area contributed by atoms with Crippen molar-refractivity contribution < 1.29 is 9.59 Å². The Balaban J connectivity index is 0.00000162. The SMILES string of the molecule is Cl.O=C1CN(C(=O)CNc2ccccc2)CCN1. The van der Waals surface area contributed by atoms with Crippen LogP contribution in [0.4, 0.5) is 5.69 Å². The first-order chi connectivity index (χ1) is 8.25. The number of hydrogen-bond donors (Lipinski definition) is 2. The van der Waals surface area contributed by atoms with Crippen LogP contribution in [0.5, 0.6) is 0 Å². The molecule has 1 aliphatic rings. The number of amides is 2. The number of nitrogens with zero attached hydrogens (tertiary/aromatic N) is 1. The van der Waals surface area contributed by atoms with Crippen LogP contribution in [0.2, 0.25) is 0 Å². The van der Waals surface area contributed by atoms with Gasteiger partial charge in [-0.2, -0.15) is 0 Å². The third-order valence-electron chi connectivity index (χ3n) is 2.61. The fraction of sp³-hybridized carbons (Fsp3) is 0.333. The highest BCUT2D eigenvalue weighted by Gasteiger charge is 2.20. The van der Waals surface area contributed by atoms with Crippen molar-refractivity contribution in [3.63, 3.8) is 0 Å². The second-order valence-electron chi connectivity index (χ2n) is 3.88. The number of para-hydroxylation sites is 1. The largest absolute Gasteiger partial charge is 0.376 e. The van der Waals surface area contributed by atoms with Gasteiger partial charge in [-0.1, -0.05) is 18.2 Å². The molecule has 1 heterocycles. The second-order valence-corrected chi connectivity index (χ2v) is 3.88. The van der Waals surface area contributed by atoms with Gasteiger partial charge in [0.25, 0.3) is 0 Å². The van der Waals surface area contributed by atoms with E-state index in [9.17, 15) is 9.59 Å². The highest BCUT2D eigenvalue weighted by atomic mass is 35.5. The van der Waals surface area contributed by atoms with Crippen LogP contribution in [0.1, 0.15) is 0 Å². The van der Waals surface area contributed by atoms with Crippen molar-refractivity contribution in [2.24, 2.45) is 0 Å². The summed E-state index contributed by atoms with van der Waals surface area (Å²) in [6, 6.07) is 9.52. The third-order valence-corrected chi connectivity index (χ3v) is 2.61. The van der Waals surface area contributed by atoms with Crippen molar-refractivity contribution in [1.29, 1.82) is 0 Å². The number of piperazine rings is 1. The lowest BCUT2D eigenvalue weighted by Crippen LogP contribution is -2.51. The first-order valence-electron chi connectivity index (χ1n) is 5.59.